The number of carbonyl (C=O) groups excluding carboxylic acids is 2. The Morgan fingerprint density at radius 2 is 1.52 bits per heavy atom. The van der Waals surface area contributed by atoms with Crippen LogP contribution < -0.4 is 0 Å². The minimum Gasteiger partial charge on any atom is -0.463 e. The lowest BCUT2D eigenvalue weighted by molar-refractivity contribution is -0.166. The molecule has 7 heteroatoms. The molecule has 1 aliphatic rings. The molecule has 1 unspecified atom stereocenters. The molecule has 158 valence electrons. The maximum absolute atomic E-state index is 11.2. The zero-order valence-electron chi connectivity index (χ0n) is 16.8. The first-order chi connectivity index (χ1) is 13.0. The largest absolute Gasteiger partial charge is 0.463 e. The Morgan fingerprint density at radius 3 is 2.07 bits per heavy atom. The molecule has 27 heavy (non-hydrogen) atoms. The molecule has 0 aliphatic carbocycles. The lowest BCUT2D eigenvalue weighted by Gasteiger charge is -2.17. The molecular formula is C20H35BrO6. The van der Waals surface area contributed by atoms with Crippen molar-refractivity contribution in [3.8, 4) is 0 Å². The van der Waals surface area contributed by atoms with Gasteiger partial charge in [0.15, 0.2) is 6.29 Å². The summed E-state index contributed by atoms with van der Waals surface area (Å²) in [5.74, 6) is -0.753. The van der Waals surface area contributed by atoms with Crippen LogP contribution in [0.3, 0.4) is 0 Å². The Balaban J connectivity index is 2.08. The highest BCUT2D eigenvalue weighted by atomic mass is 79.9. The summed E-state index contributed by atoms with van der Waals surface area (Å²) in [7, 11) is 0. The number of alkyl halides is 1. The third-order valence-electron chi connectivity index (χ3n) is 4.52. The van der Waals surface area contributed by atoms with Gasteiger partial charge in [-0.2, -0.15) is 0 Å². The molecule has 3 atom stereocenters. The van der Waals surface area contributed by atoms with Gasteiger partial charge in [-0.05, 0) is 12.8 Å². The predicted molar refractivity (Wildman–Crippen MR) is 107 cm³/mol. The number of esters is 2. The molecule has 1 fully saturated rings. The van der Waals surface area contributed by atoms with Gasteiger partial charge in [0.2, 0.25) is 0 Å². The maximum Gasteiger partial charge on any atom is 0.303 e. The topological polar surface area (TPSA) is 71.1 Å². The third-order valence-corrected chi connectivity index (χ3v) is 5.08. The molecule has 0 aromatic carbocycles. The SMILES string of the molecule is CC(=O)OC[C@H]1OC(OCCCCCCCCCCCBr)C[C@@H]1OC(C)=O. The lowest BCUT2D eigenvalue weighted by atomic mass is 10.1. The van der Waals surface area contributed by atoms with E-state index in [1.54, 1.807) is 0 Å². The molecule has 0 radical (unpaired) electrons. The first-order valence-corrected chi connectivity index (χ1v) is 11.3. The fraction of sp³-hybridized carbons (Fsp3) is 0.900. The minimum atomic E-state index is -0.465. The molecule has 0 saturated carbocycles. The van der Waals surface area contributed by atoms with Crippen LogP contribution in [-0.4, -0.2) is 49.0 Å². The fourth-order valence-corrected chi connectivity index (χ4v) is 3.52. The maximum atomic E-state index is 11.2. The average Bonchev–Trinajstić information content (AvgIpc) is 2.98. The van der Waals surface area contributed by atoms with Gasteiger partial charge in [-0.3, -0.25) is 9.59 Å². The number of unbranched alkanes of at least 4 members (excludes halogenated alkanes) is 8. The number of ether oxygens (including phenoxy) is 4. The van der Waals surface area contributed by atoms with E-state index >= 15 is 0 Å². The van der Waals surface area contributed by atoms with E-state index in [1.165, 1.54) is 58.8 Å². The standard InChI is InChI=1S/C20H35BrO6/c1-16(22)25-15-19-18(26-17(2)23)14-20(27-19)24-13-11-9-7-5-3-4-6-8-10-12-21/h18-20H,3-15H2,1-2H3/t18-,19+,20?/m0/s1. The molecule has 1 saturated heterocycles. The number of halogens is 1. The minimum absolute atomic E-state index is 0.0722. The van der Waals surface area contributed by atoms with E-state index in [4.69, 9.17) is 18.9 Å². The van der Waals surface area contributed by atoms with Gasteiger partial charge in [0.05, 0.1) is 0 Å². The highest BCUT2D eigenvalue weighted by Crippen LogP contribution is 2.25. The van der Waals surface area contributed by atoms with Gasteiger partial charge in [-0.25, -0.2) is 0 Å². The molecule has 1 rings (SSSR count). The summed E-state index contributed by atoms with van der Waals surface area (Å²) >= 11 is 3.46. The summed E-state index contributed by atoms with van der Waals surface area (Å²) in [6, 6.07) is 0. The second-order valence-electron chi connectivity index (χ2n) is 7.03. The smallest absolute Gasteiger partial charge is 0.303 e. The Kier molecular flexibility index (Phi) is 13.8. The van der Waals surface area contributed by atoms with Crippen molar-refractivity contribution in [3.63, 3.8) is 0 Å². The number of carbonyl (C=O) groups is 2. The van der Waals surface area contributed by atoms with Crippen LogP contribution in [0.1, 0.15) is 78.1 Å². The quantitative estimate of drug-likeness (QED) is 0.207. The van der Waals surface area contributed by atoms with E-state index in [9.17, 15) is 9.59 Å². The van der Waals surface area contributed by atoms with Crippen LogP contribution in [0.5, 0.6) is 0 Å². The molecule has 0 amide bonds. The summed E-state index contributed by atoms with van der Waals surface area (Å²) in [5.41, 5.74) is 0. The van der Waals surface area contributed by atoms with Crippen molar-refractivity contribution in [2.45, 2.75) is 96.6 Å². The monoisotopic (exact) mass is 450 g/mol. The summed E-state index contributed by atoms with van der Waals surface area (Å²) in [6.07, 6.45) is 10.4. The number of rotatable bonds is 15. The second-order valence-corrected chi connectivity index (χ2v) is 7.83. The van der Waals surface area contributed by atoms with Gasteiger partial charge in [0, 0.05) is 32.2 Å². The van der Waals surface area contributed by atoms with Gasteiger partial charge in [-0.15, -0.1) is 0 Å². The summed E-state index contributed by atoms with van der Waals surface area (Å²) in [4.78, 5) is 22.2. The molecule has 0 N–H and O–H groups in total. The summed E-state index contributed by atoms with van der Waals surface area (Å²) in [6.45, 7) is 3.40. The van der Waals surface area contributed by atoms with Crippen molar-refractivity contribution < 1.29 is 28.5 Å². The van der Waals surface area contributed by atoms with Crippen molar-refractivity contribution in [1.29, 1.82) is 0 Å². The van der Waals surface area contributed by atoms with Crippen molar-refractivity contribution in [2.75, 3.05) is 18.5 Å². The second kappa shape index (κ2) is 15.3. The van der Waals surface area contributed by atoms with Crippen LogP contribution >= 0.6 is 15.9 Å². The zero-order chi connectivity index (χ0) is 19.9. The van der Waals surface area contributed by atoms with Crippen molar-refractivity contribution in [2.24, 2.45) is 0 Å². The molecule has 1 aliphatic heterocycles. The molecule has 1 heterocycles. The van der Waals surface area contributed by atoms with Crippen molar-refractivity contribution >= 4 is 27.9 Å². The van der Waals surface area contributed by atoms with Crippen LogP contribution in [0.4, 0.5) is 0 Å². The predicted octanol–water partition coefficient (Wildman–Crippen LogP) is 4.52. The van der Waals surface area contributed by atoms with Crippen molar-refractivity contribution in [3.05, 3.63) is 0 Å². The Labute approximate surface area is 171 Å². The van der Waals surface area contributed by atoms with Crippen molar-refractivity contribution in [1.82, 2.24) is 0 Å². The molecule has 0 aromatic rings. The highest BCUT2D eigenvalue weighted by Gasteiger charge is 2.38. The molecule has 0 aromatic heterocycles. The van der Waals surface area contributed by atoms with E-state index in [0.29, 0.717) is 13.0 Å². The molecule has 0 bridgehead atoms. The van der Waals surface area contributed by atoms with Gasteiger partial charge in [-0.1, -0.05) is 60.9 Å². The van der Waals surface area contributed by atoms with E-state index in [0.717, 1.165) is 18.2 Å². The molecule has 0 spiro atoms. The Bertz CT molecular complexity index is 417. The first kappa shape index (κ1) is 24.4. The third kappa shape index (κ3) is 12.4. The van der Waals surface area contributed by atoms with E-state index in [2.05, 4.69) is 15.9 Å². The van der Waals surface area contributed by atoms with E-state index < -0.39 is 18.5 Å². The van der Waals surface area contributed by atoms with Gasteiger partial charge in [0.25, 0.3) is 0 Å². The van der Waals surface area contributed by atoms with Gasteiger partial charge < -0.3 is 18.9 Å². The number of hydrogen-bond donors (Lipinski definition) is 0. The summed E-state index contributed by atoms with van der Waals surface area (Å²) < 4.78 is 21.7. The van der Waals surface area contributed by atoms with Crippen LogP contribution in [-0.2, 0) is 28.5 Å². The van der Waals surface area contributed by atoms with E-state index in [-0.39, 0.29) is 18.5 Å². The summed E-state index contributed by atoms with van der Waals surface area (Å²) in [5, 5.41) is 1.11. The normalized spacial score (nSPS) is 22.0. The fourth-order valence-electron chi connectivity index (χ4n) is 3.12. The van der Waals surface area contributed by atoms with Crippen LogP contribution in [0.2, 0.25) is 0 Å². The zero-order valence-corrected chi connectivity index (χ0v) is 18.3. The van der Waals surface area contributed by atoms with Crippen LogP contribution in [0.25, 0.3) is 0 Å². The highest BCUT2D eigenvalue weighted by molar-refractivity contribution is 9.09. The Hall–Kier alpha value is -0.660. The number of hydrogen-bond acceptors (Lipinski definition) is 6. The molecule has 6 nitrogen and oxygen atoms in total. The first-order valence-electron chi connectivity index (χ1n) is 10.2. The lowest BCUT2D eigenvalue weighted by Crippen LogP contribution is -2.31. The average molecular weight is 451 g/mol. The molecular weight excluding hydrogens is 416 g/mol. The van der Waals surface area contributed by atoms with Crippen LogP contribution in [0.15, 0.2) is 0 Å². The van der Waals surface area contributed by atoms with Gasteiger partial charge in [0.1, 0.15) is 18.8 Å². The van der Waals surface area contributed by atoms with Crippen LogP contribution in [0, 0.1) is 0 Å². The van der Waals surface area contributed by atoms with E-state index in [1.807, 2.05) is 0 Å². The Morgan fingerprint density at radius 1 is 0.926 bits per heavy atom. The van der Waals surface area contributed by atoms with Gasteiger partial charge >= 0.3 is 11.9 Å².